The smallest absolute Gasteiger partial charge is 0.326 e. The molecule has 2 rings (SSSR count). The number of rotatable bonds is 2. The van der Waals surface area contributed by atoms with Crippen LogP contribution in [0.15, 0.2) is 0 Å². The summed E-state index contributed by atoms with van der Waals surface area (Å²) >= 11 is 0. The summed E-state index contributed by atoms with van der Waals surface area (Å²) in [5, 5.41) is 0. The van der Waals surface area contributed by atoms with Gasteiger partial charge in [0.15, 0.2) is 5.41 Å². The van der Waals surface area contributed by atoms with Gasteiger partial charge >= 0.3 is 11.9 Å². The average molecular weight is 228 g/mol. The first-order valence-electron chi connectivity index (χ1n) is 5.40. The quantitative estimate of drug-likeness (QED) is 0.394. The van der Waals surface area contributed by atoms with E-state index in [1.54, 1.807) is 0 Å². The Kier molecular flexibility index (Phi) is 2.45. The fourth-order valence-electron chi connectivity index (χ4n) is 3.01. The first kappa shape index (κ1) is 11.4. The highest BCUT2D eigenvalue weighted by atomic mass is 16.6. The van der Waals surface area contributed by atoms with Gasteiger partial charge in [0.2, 0.25) is 0 Å². The van der Waals surface area contributed by atoms with Crippen LogP contribution in [-0.4, -0.2) is 37.9 Å². The maximum atomic E-state index is 11.9. The predicted octanol–water partition coefficient (Wildman–Crippen LogP) is 0.660. The molecule has 1 saturated carbocycles. The molecule has 1 heterocycles. The molecule has 0 aromatic carbocycles. The molecular formula is C11H16O5. The number of esters is 2. The Balaban J connectivity index is 2.42. The first-order valence-corrected chi connectivity index (χ1v) is 5.40. The minimum atomic E-state index is -1.25. The van der Waals surface area contributed by atoms with Gasteiger partial charge in [0.25, 0.3) is 0 Å². The SMILES string of the molecule is COC(=O)C1(C(=O)OC)CCCC12OC2C. The lowest BCUT2D eigenvalue weighted by molar-refractivity contribution is -0.173. The van der Waals surface area contributed by atoms with Gasteiger partial charge in [-0.15, -0.1) is 0 Å². The normalized spacial score (nSPS) is 34.8. The van der Waals surface area contributed by atoms with Gasteiger partial charge in [0.05, 0.1) is 20.3 Å². The van der Waals surface area contributed by atoms with E-state index in [-0.39, 0.29) is 6.10 Å². The molecule has 2 fully saturated rings. The van der Waals surface area contributed by atoms with E-state index in [2.05, 4.69) is 0 Å². The molecule has 0 amide bonds. The van der Waals surface area contributed by atoms with E-state index in [4.69, 9.17) is 14.2 Å². The van der Waals surface area contributed by atoms with Crippen molar-refractivity contribution in [1.29, 1.82) is 0 Å². The topological polar surface area (TPSA) is 65.1 Å². The molecule has 5 nitrogen and oxygen atoms in total. The molecule has 1 aliphatic heterocycles. The zero-order valence-electron chi connectivity index (χ0n) is 9.74. The third-order valence-electron chi connectivity index (χ3n) is 3.88. The summed E-state index contributed by atoms with van der Waals surface area (Å²) in [4.78, 5) is 23.9. The number of methoxy groups -OCH3 is 2. The van der Waals surface area contributed by atoms with Crippen LogP contribution < -0.4 is 0 Å². The Hall–Kier alpha value is -1.10. The second-order valence-electron chi connectivity index (χ2n) is 4.39. The van der Waals surface area contributed by atoms with Crippen molar-refractivity contribution in [1.82, 2.24) is 0 Å². The molecule has 0 N–H and O–H groups in total. The molecule has 0 aromatic rings. The van der Waals surface area contributed by atoms with Gasteiger partial charge in [0.1, 0.15) is 5.60 Å². The van der Waals surface area contributed by atoms with E-state index in [0.29, 0.717) is 12.8 Å². The molecular weight excluding hydrogens is 212 g/mol. The van der Waals surface area contributed by atoms with Crippen LogP contribution in [0.1, 0.15) is 26.2 Å². The molecule has 2 aliphatic rings. The summed E-state index contributed by atoms with van der Waals surface area (Å²) in [7, 11) is 2.57. The second kappa shape index (κ2) is 3.45. The largest absolute Gasteiger partial charge is 0.468 e. The van der Waals surface area contributed by atoms with Crippen LogP contribution in [0.3, 0.4) is 0 Å². The number of carbonyl (C=O) groups excluding carboxylic acids is 2. The fourth-order valence-corrected chi connectivity index (χ4v) is 3.01. The molecule has 16 heavy (non-hydrogen) atoms. The second-order valence-corrected chi connectivity index (χ2v) is 4.39. The number of carbonyl (C=O) groups is 2. The van der Waals surface area contributed by atoms with Gasteiger partial charge in [-0.3, -0.25) is 9.59 Å². The van der Waals surface area contributed by atoms with Crippen LogP contribution in [0, 0.1) is 5.41 Å². The summed E-state index contributed by atoms with van der Waals surface area (Å²) in [6.45, 7) is 1.87. The highest BCUT2D eigenvalue weighted by molar-refractivity contribution is 6.02. The van der Waals surface area contributed by atoms with E-state index in [1.165, 1.54) is 14.2 Å². The number of epoxide rings is 1. The van der Waals surface area contributed by atoms with Crippen molar-refractivity contribution >= 4 is 11.9 Å². The minimum absolute atomic E-state index is 0.0896. The summed E-state index contributed by atoms with van der Waals surface area (Å²) in [6, 6.07) is 0. The van der Waals surface area contributed by atoms with Crippen molar-refractivity contribution in [2.75, 3.05) is 14.2 Å². The minimum Gasteiger partial charge on any atom is -0.468 e. The van der Waals surface area contributed by atoms with E-state index in [0.717, 1.165) is 6.42 Å². The molecule has 2 unspecified atom stereocenters. The highest BCUT2D eigenvalue weighted by Crippen LogP contribution is 2.61. The van der Waals surface area contributed by atoms with Gasteiger partial charge in [-0.05, 0) is 26.2 Å². The van der Waals surface area contributed by atoms with Gasteiger partial charge < -0.3 is 14.2 Å². The molecule has 0 radical (unpaired) electrons. The monoisotopic (exact) mass is 228 g/mol. The van der Waals surface area contributed by atoms with Crippen LogP contribution in [-0.2, 0) is 23.8 Å². The van der Waals surface area contributed by atoms with E-state index in [9.17, 15) is 9.59 Å². The van der Waals surface area contributed by atoms with Gasteiger partial charge in [-0.2, -0.15) is 0 Å². The highest BCUT2D eigenvalue weighted by Gasteiger charge is 2.77. The molecule has 1 aliphatic carbocycles. The molecule has 1 saturated heterocycles. The van der Waals surface area contributed by atoms with Gasteiger partial charge in [-0.1, -0.05) is 0 Å². The third-order valence-corrected chi connectivity index (χ3v) is 3.88. The maximum Gasteiger partial charge on any atom is 0.326 e. The predicted molar refractivity (Wildman–Crippen MR) is 53.6 cm³/mol. The Bertz CT molecular complexity index is 321. The van der Waals surface area contributed by atoms with E-state index >= 15 is 0 Å². The summed E-state index contributed by atoms with van der Waals surface area (Å²) in [6.07, 6.45) is 1.83. The van der Waals surface area contributed by atoms with Crippen molar-refractivity contribution in [3.63, 3.8) is 0 Å². The molecule has 0 bridgehead atoms. The maximum absolute atomic E-state index is 11.9. The zero-order valence-corrected chi connectivity index (χ0v) is 9.74. The summed E-state index contributed by atoms with van der Waals surface area (Å²) < 4.78 is 15.1. The Morgan fingerprint density at radius 2 is 1.69 bits per heavy atom. The lowest BCUT2D eigenvalue weighted by atomic mass is 9.75. The van der Waals surface area contributed by atoms with E-state index in [1.807, 2.05) is 6.92 Å². The Morgan fingerprint density at radius 1 is 1.19 bits per heavy atom. The summed E-state index contributed by atoms with van der Waals surface area (Å²) in [5.41, 5.74) is -1.94. The van der Waals surface area contributed by atoms with E-state index < -0.39 is 23.0 Å². The van der Waals surface area contributed by atoms with Crippen molar-refractivity contribution < 1.29 is 23.8 Å². The molecule has 5 heteroatoms. The Labute approximate surface area is 94.0 Å². The molecule has 0 aromatic heterocycles. The van der Waals surface area contributed by atoms with Gasteiger partial charge in [-0.25, -0.2) is 0 Å². The van der Waals surface area contributed by atoms with Gasteiger partial charge in [0, 0.05) is 0 Å². The van der Waals surface area contributed by atoms with Crippen LogP contribution in [0.4, 0.5) is 0 Å². The molecule has 90 valence electrons. The Morgan fingerprint density at radius 3 is 2.06 bits per heavy atom. The standard InChI is InChI=1S/C11H16O5/c1-7-11(16-7)6-4-5-10(11,8(12)14-2)9(13)15-3/h7H,4-6H2,1-3H3. The average Bonchev–Trinajstić information content (AvgIpc) is 2.77. The summed E-state index contributed by atoms with van der Waals surface area (Å²) in [5.74, 6) is -1.08. The fraction of sp³-hybridized carbons (Fsp3) is 0.818. The van der Waals surface area contributed by atoms with Crippen LogP contribution in [0.25, 0.3) is 0 Å². The van der Waals surface area contributed by atoms with Crippen molar-refractivity contribution in [3.8, 4) is 0 Å². The van der Waals surface area contributed by atoms with Crippen molar-refractivity contribution in [3.05, 3.63) is 0 Å². The van der Waals surface area contributed by atoms with Crippen molar-refractivity contribution in [2.24, 2.45) is 5.41 Å². The molecule has 2 atom stereocenters. The lowest BCUT2D eigenvalue weighted by Gasteiger charge is -2.27. The van der Waals surface area contributed by atoms with Crippen molar-refractivity contribution in [2.45, 2.75) is 37.9 Å². The molecule has 1 spiro atoms. The van der Waals surface area contributed by atoms with Crippen LogP contribution in [0.2, 0.25) is 0 Å². The number of hydrogen-bond donors (Lipinski definition) is 0. The van der Waals surface area contributed by atoms with Crippen LogP contribution >= 0.6 is 0 Å². The van der Waals surface area contributed by atoms with Crippen LogP contribution in [0.5, 0.6) is 0 Å². The first-order chi connectivity index (χ1) is 7.55. The third kappa shape index (κ3) is 1.09. The lowest BCUT2D eigenvalue weighted by Crippen LogP contribution is -2.50. The zero-order chi connectivity index (χ0) is 12.0. The number of ether oxygens (including phenoxy) is 3. The number of hydrogen-bond acceptors (Lipinski definition) is 5.